The fourth-order valence-electron chi connectivity index (χ4n) is 4.17. The van der Waals surface area contributed by atoms with Gasteiger partial charge in [0.1, 0.15) is 17.1 Å². The van der Waals surface area contributed by atoms with Crippen molar-refractivity contribution >= 4 is 17.2 Å². The summed E-state index contributed by atoms with van der Waals surface area (Å²) in [6, 6.07) is 16.6. The van der Waals surface area contributed by atoms with E-state index in [0.717, 1.165) is 11.3 Å². The summed E-state index contributed by atoms with van der Waals surface area (Å²) in [5.41, 5.74) is 4.02. The number of amides is 1. The van der Waals surface area contributed by atoms with Crippen molar-refractivity contribution in [3.8, 4) is 22.8 Å². The van der Waals surface area contributed by atoms with Crippen molar-refractivity contribution in [3.63, 3.8) is 0 Å². The lowest BCUT2D eigenvalue weighted by Crippen LogP contribution is -2.26. The molecule has 0 fully saturated rings. The summed E-state index contributed by atoms with van der Waals surface area (Å²) < 4.78 is 14.1. The number of nitrogens with one attached hydrogen (secondary N) is 1. The lowest BCUT2D eigenvalue weighted by atomic mass is 10.1. The van der Waals surface area contributed by atoms with Crippen molar-refractivity contribution < 1.29 is 14.3 Å². The number of para-hydroxylation sites is 1. The predicted molar refractivity (Wildman–Crippen MR) is 132 cm³/mol. The Labute approximate surface area is 197 Å². The summed E-state index contributed by atoms with van der Waals surface area (Å²) in [5.74, 6) is 1.17. The molecule has 2 heterocycles. The van der Waals surface area contributed by atoms with E-state index in [-0.39, 0.29) is 17.9 Å². The van der Waals surface area contributed by atoms with Gasteiger partial charge in [0.25, 0.3) is 5.56 Å². The van der Waals surface area contributed by atoms with Crippen LogP contribution in [0.3, 0.4) is 0 Å². The number of ether oxygens (including phenoxy) is 2. The molecule has 2 aromatic heterocycles. The van der Waals surface area contributed by atoms with Crippen LogP contribution in [0.25, 0.3) is 16.9 Å². The molecule has 0 radical (unpaired) electrons. The number of methoxy groups -OCH3 is 2. The first kappa shape index (κ1) is 23.1. The standard InChI is InChI=1S/C26H28N4O4/c1-5-29-17(2)20(13-14-24(31)27-18-9-8-10-19(15-18)33-3)26(32)30-25(29)16-22(28-30)21-11-6-7-12-23(21)34-4/h6-12,15-16H,5,13-14H2,1-4H3,(H,27,31). The van der Waals surface area contributed by atoms with E-state index in [1.807, 2.05) is 60.9 Å². The minimum absolute atomic E-state index is 0.170. The highest BCUT2D eigenvalue weighted by Crippen LogP contribution is 2.29. The van der Waals surface area contributed by atoms with E-state index >= 15 is 0 Å². The third-order valence-corrected chi connectivity index (χ3v) is 5.91. The van der Waals surface area contributed by atoms with Gasteiger partial charge in [0.15, 0.2) is 0 Å². The van der Waals surface area contributed by atoms with Gasteiger partial charge in [-0.1, -0.05) is 18.2 Å². The van der Waals surface area contributed by atoms with E-state index < -0.39 is 0 Å². The molecule has 0 unspecified atom stereocenters. The van der Waals surface area contributed by atoms with E-state index in [4.69, 9.17) is 9.47 Å². The van der Waals surface area contributed by atoms with Crippen LogP contribution in [0, 0.1) is 6.92 Å². The van der Waals surface area contributed by atoms with Crippen molar-refractivity contribution in [3.05, 3.63) is 76.2 Å². The Morgan fingerprint density at radius 1 is 1.06 bits per heavy atom. The lowest BCUT2D eigenvalue weighted by molar-refractivity contribution is -0.116. The first-order valence-corrected chi connectivity index (χ1v) is 11.2. The minimum Gasteiger partial charge on any atom is -0.497 e. The molecule has 0 aliphatic heterocycles. The van der Waals surface area contributed by atoms with Gasteiger partial charge in [0.2, 0.25) is 5.91 Å². The number of nitrogens with zero attached hydrogens (tertiary/aromatic N) is 3. The minimum atomic E-state index is -0.215. The van der Waals surface area contributed by atoms with Gasteiger partial charge in [-0.05, 0) is 44.5 Å². The van der Waals surface area contributed by atoms with Crippen LogP contribution in [0.5, 0.6) is 11.5 Å². The van der Waals surface area contributed by atoms with Crippen LogP contribution >= 0.6 is 0 Å². The molecule has 0 spiro atoms. The van der Waals surface area contributed by atoms with E-state index in [9.17, 15) is 9.59 Å². The number of hydrogen-bond acceptors (Lipinski definition) is 5. The van der Waals surface area contributed by atoms with Gasteiger partial charge in [-0.25, -0.2) is 0 Å². The highest BCUT2D eigenvalue weighted by molar-refractivity contribution is 5.91. The number of rotatable bonds is 8. The normalized spacial score (nSPS) is 10.9. The van der Waals surface area contributed by atoms with Crippen LogP contribution in [-0.2, 0) is 17.8 Å². The number of fused-ring (bicyclic) bond motifs is 1. The maximum Gasteiger partial charge on any atom is 0.277 e. The van der Waals surface area contributed by atoms with Crippen molar-refractivity contribution in [2.75, 3.05) is 19.5 Å². The number of hydrogen-bond donors (Lipinski definition) is 1. The number of benzene rings is 2. The highest BCUT2D eigenvalue weighted by atomic mass is 16.5. The Kier molecular flexibility index (Phi) is 6.67. The van der Waals surface area contributed by atoms with Gasteiger partial charge in [0, 0.05) is 47.6 Å². The molecule has 0 aliphatic carbocycles. The summed E-state index contributed by atoms with van der Waals surface area (Å²) in [4.78, 5) is 26.0. The molecule has 176 valence electrons. The fraction of sp³-hybridized carbons (Fsp3) is 0.269. The molecule has 2 aromatic carbocycles. The van der Waals surface area contributed by atoms with Crippen LogP contribution in [0.15, 0.2) is 59.4 Å². The second kappa shape index (κ2) is 9.82. The Morgan fingerprint density at radius 3 is 2.59 bits per heavy atom. The fourth-order valence-corrected chi connectivity index (χ4v) is 4.17. The summed E-state index contributed by atoms with van der Waals surface area (Å²) in [5, 5.41) is 7.47. The van der Waals surface area contributed by atoms with Crippen LogP contribution in [0.2, 0.25) is 0 Å². The summed E-state index contributed by atoms with van der Waals surface area (Å²) >= 11 is 0. The van der Waals surface area contributed by atoms with Gasteiger partial charge >= 0.3 is 0 Å². The van der Waals surface area contributed by atoms with Gasteiger partial charge in [-0.3, -0.25) is 9.59 Å². The molecule has 0 bridgehead atoms. The first-order valence-electron chi connectivity index (χ1n) is 11.2. The molecule has 0 aliphatic rings. The number of aryl methyl sites for hydroxylation is 1. The van der Waals surface area contributed by atoms with E-state index in [0.29, 0.717) is 47.1 Å². The zero-order valence-electron chi connectivity index (χ0n) is 19.8. The SMILES string of the molecule is CCn1c(C)c(CCC(=O)Nc2cccc(OC)c2)c(=O)n2nc(-c3ccccc3OC)cc12. The largest absolute Gasteiger partial charge is 0.497 e. The topological polar surface area (TPSA) is 86.9 Å². The molecule has 8 nitrogen and oxygen atoms in total. The second-order valence-electron chi connectivity index (χ2n) is 7.89. The van der Waals surface area contributed by atoms with E-state index in [1.54, 1.807) is 26.4 Å². The Hall–Kier alpha value is -4.07. The maximum atomic E-state index is 13.4. The first-order chi connectivity index (χ1) is 16.5. The van der Waals surface area contributed by atoms with E-state index in [2.05, 4.69) is 10.4 Å². The smallest absolute Gasteiger partial charge is 0.277 e. The van der Waals surface area contributed by atoms with Crippen LogP contribution in [0.1, 0.15) is 24.6 Å². The molecular weight excluding hydrogens is 432 g/mol. The zero-order valence-corrected chi connectivity index (χ0v) is 19.8. The molecular formula is C26H28N4O4. The van der Waals surface area contributed by atoms with Crippen LogP contribution < -0.4 is 20.3 Å². The van der Waals surface area contributed by atoms with Gasteiger partial charge in [-0.15, -0.1) is 0 Å². The van der Waals surface area contributed by atoms with Crippen molar-refractivity contribution in [2.45, 2.75) is 33.2 Å². The highest BCUT2D eigenvalue weighted by Gasteiger charge is 2.18. The van der Waals surface area contributed by atoms with Crippen molar-refractivity contribution in [2.24, 2.45) is 0 Å². The molecule has 8 heteroatoms. The third kappa shape index (κ3) is 4.39. The predicted octanol–water partition coefficient (Wildman–Crippen LogP) is 4.08. The van der Waals surface area contributed by atoms with Gasteiger partial charge < -0.3 is 19.4 Å². The van der Waals surface area contributed by atoms with Gasteiger partial charge in [0.05, 0.1) is 19.9 Å². The second-order valence-corrected chi connectivity index (χ2v) is 7.89. The van der Waals surface area contributed by atoms with E-state index in [1.165, 1.54) is 4.52 Å². The third-order valence-electron chi connectivity index (χ3n) is 5.91. The van der Waals surface area contributed by atoms with Gasteiger partial charge in [-0.2, -0.15) is 9.61 Å². The zero-order chi connectivity index (χ0) is 24.2. The van der Waals surface area contributed by atoms with Crippen molar-refractivity contribution in [1.29, 1.82) is 0 Å². The monoisotopic (exact) mass is 460 g/mol. The Morgan fingerprint density at radius 2 is 1.85 bits per heavy atom. The summed E-state index contributed by atoms with van der Waals surface area (Å²) in [6.45, 7) is 4.60. The molecule has 4 aromatic rings. The quantitative estimate of drug-likeness (QED) is 0.428. The molecule has 34 heavy (non-hydrogen) atoms. The molecule has 1 amide bonds. The number of aromatic nitrogens is 3. The van der Waals surface area contributed by atoms with Crippen molar-refractivity contribution in [1.82, 2.24) is 14.2 Å². The molecule has 0 atom stereocenters. The number of anilines is 1. The molecule has 1 N–H and O–H groups in total. The number of carbonyl (C=O) groups excluding carboxylic acids is 1. The maximum absolute atomic E-state index is 13.4. The average Bonchev–Trinajstić information content (AvgIpc) is 3.29. The number of carbonyl (C=O) groups is 1. The summed E-state index contributed by atoms with van der Waals surface area (Å²) in [7, 11) is 3.19. The lowest BCUT2D eigenvalue weighted by Gasteiger charge is -2.14. The van der Waals surface area contributed by atoms with Crippen LogP contribution in [0.4, 0.5) is 5.69 Å². The Balaban J connectivity index is 1.65. The summed E-state index contributed by atoms with van der Waals surface area (Å²) in [6.07, 6.45) is 0.476. The Bertz CT molecular complexity index is 1400. The molecule has 0 saturated carbocycles. The van der Waals surface area contributed by atoms with Crippen LogP contribution in [-0.4, -0.2) is 34.3 Å². The average molecular weight is 461 g/mol. The molecule has 0 saturated heterocycles. The molecule has 4 rings (SSSR count).